The van der Waals surface area contributed by atoms with E-state index in [9.17, 15) is 16.8 Å². The van der Waals surface area contributed by atoms with Crippen molar-refractivity contribution in [2.24, 2.45) is 5.92 Å². The highest BCUT2D eigenvalue weighted by Crippen LogP contribution is 2.33. The van der Waals surface area contributed by atoms with Crippen LogP contribution in [0, 0.1) is 5.92 Å². The van der Waals surface area contributed by atoms with Gasteiger partial charge in [0.2, 0.25) is 20.0 Å². The maximum Gasteiger partial charge on any atom is 0.235 e. The quantitative estimate of drug-likeness (QED) is 0.830. The number of nitrogens with one attached hydrogen (secondary N) is 1. The minimum Gasteiger partial charge on any atom is -0.494 e. The van der Waals surface area contributed by atoms with Gasteiger partial charge in [-0.2, -0.15) is 0 Å². The zero-order valence-corrected chi connectivity index (χ0v) is 15.1. The predicted octanol–water partition coefficient (Wildman–Crippen LogP) is 1.63. The lowest BCUT2D eigenvalue weighted by atomic mass is 10.2. The summed E-state index contributed by atoms with van der Waals surface area (Å²) < 4.78 is 57.1. The van der Waals surface area contributed by atoms with Gasteiger partial charge >= 0.3 is 0 Å². The van der Waals surface area contributed by atoms with Crippen molar-refractivity contribution in [2.75, 3.05) is 34.2 Å². The molecule has 0 radical (unpaired) electrons. The maximum absolute atomic E-state index is 12.0. The molecule has 0 saturated carbocycles. The van der Waals surface area contributed by atoms with Crippen LogP contribution in [0.3, 0.4) is 0 Å². The van der Waals surface area contributed by atoms with Gasteiger partial charge in [-0.1, -0.05) is 13.8 Å². The molecule has 1 aromatic rings. The number of benzene rings is 1. The van der Waals surface area contributed by atoms with Gasteiger partial charge < -0.3 is 4.74 Å². The van der Waals surface area contributed by atoms with E-state index in [-0.39, 0.29) is 23.2 Å². The van der Waals surface area contributed by atoms with Crippen molar-refractivity contribution in [3.63, 3.8) is 0 Å². The van der Waals surface area contributed by atoms with Gasteiger partial charge in [-0.25, -0.2) is 16.8 Å². The van der Waals surface area contributed by atoms with Crippen molar-refractivity contribution in [1.82, 2.24) is 0 Å². The average Bonchev–Trinajstić information content (AvgIpc) is 2.77. The second-order valence-corrected chi connectivity index (χ2v) is 9.68. The van der Waals surface area contributed by atoms with Crippen molar-refractivity contribution in [2.45, 2.75) is 20.3 Å². The molecule has 0 aliphatic carbocycles. The molecule has 9 heteroatoms. The average molecular weight is 362 g/mol. The van der Waals surface area contributed by atoms with Crippen LogP contribution in [0.1, 0.15) is 20.3 Å². The largest absolute Gasteiger partial charge is 0.494 e. The van der Waals surface area contributed by atoms with Crippen LogP contribution in [0.5, 0.6) is 5.75 Å². The van der Waals surface area contributed by atoms with E-state index >= 15 is 0 Å². The molecule has 1 saturated heterocycles. The molecule has 1 aliphatic rings. The zero-order valence-electron chi connectivity index (χ0n) is 13.4. The summed E-state index contributed by atoms with van der Waals surface area (Å²) in [6.45, 7) is 4.06. The Morgan fingerprint density at radius 2 is 2.04 bits per heavy atom. The Hall–Kier alpha value is -1.48. The molecule has 130 valence electrons. The monoisotopic (exact) mass is 362 g/mol. The molecule has 0 amide bonds. The molecule has 2 rings (SSSR count). The van der Waals surface area contributed by atoms with Crippen LogP contribution in [-0.4, -0.2) is 42.0 Å². The first-order valence-electron chi connectivity index (χ1n) is 7.33. The van der Waals surface area contributed by atoms with Crippen LogP contribution in [0.2, 0.25) is 0 Å². The fraction of sp³-hybridized carbons (Fsp3) is 0.571. The summed E-state index contributed by atoms with van der Waals surface area (Å²) in [5, 5.41) is 0. The molecule has 1 N–H and O–H groups in total. The number of anilines is 2. The Labute approximate surface area is 137 Å². The van der Waals surface area contributed by atoms with Gasteiger partial charge in [-0.15, -0.1) is 0 Å². The van der Waals surface area contributed by atoms with E-state index in [0.29, 0.717) is 24.3 Å². The summed E-state index contributed by atoms with van der Waals surface area (Å²) in [4.78, 5) is 0. The van der Waals surface area contributed by atoms with Crippen molar-refractivity contribution >= 4 is 31.4 Å². The number of ether oxygens (including phenoxy) is 1. The minimum absolute atomic E-state index is 0.00158. The third-order valence-electron chi connectivity index (χ3n) is 3.39. The Kier molecular flexibility index (Phi) is 5.10. The van der Waals surface area contributed by atoms with E-state index in [0.717, 1.165) is 0 Å². The van der Waals surface area contributed by atoms with Gasteiger partial charge in [-0.3, -0.25) is 9.03 Å². The molecular weight excluding hydrogens is 340 g/mol. The fourth-order valence-corrected chi connectivity index (χ4v) is 5.52. The van der Waals surface area contributed by atoms with Crippen molar-refractivity contribution in [3.05, 3.63) is 18.2 Å². The van der Waals surface area contributed by atoms with Crippen LogP contribution in [-0.2, 0) is 20.0 Å². The van der Waals surface area contributed by atoms with E-state index in [1.54, 1.807) is 6.07 Å². The first kappa shape index (κ1) is 17.9. The smallest absolute Gasteiger partial charge is 0.235 e. The van der Waals surface area contributed by atoms with E-state index in [1.807, 2.05) is 13.8 Å². The molecule has 0 bridgehead atoms. The number of sulfonamides is 2. The predicted molar refractivity (Wildman–Crippen MR) is 91.0 cm³/mol. The SMILES string of the molecule is COc1cc(N2CCCS2(=O)=O)ccc1NS(=O)(=O)CC(C)C. The van der Waals surface area contributed by atoms with Crippen molar-refractivity contribution in [3.8, 4) is 5.75 Å². The first-order chi connectivity index (χ1) is 10.6. The Bertz CT molecular complexity index is 772. The van der Waals surface area contributed by atoms with Gasteiger partial charge in [0.1, 0.15) is 5.75 Å². The van der Waals surface area contributed by atoms with Crippen molar-refractivity contribution in [1.29, 1.82) is 0 Å². The van der Waals surface area contributed by atoms with E-state index in [1.165, 1.54) is 23.5 Å². The molecule has 7 nitrogen and oxygen atoms in total. The topological polar surface area (TPSA) is 92.8 Å². The molecular formula is C14H22N2O5S2. The number of methoxy groups -OCH3 is 1. The molecule has 1 aliphatic heterocycles. The highest BCUT2D eigenvalue weighted by atomic mass is 32.2. The summed E-state index contributed by atoms with van der Waals surface area (Å²) in [6.07, 6.45) is 0.577. The van der Waals surface area contributed by atoms with E-state index < -0.39 is 20.0 Å². The normalized spacial score (nSPS) is 17.5. The first-order valence-corrected chi connectivity index (χ1v) is 10.6. The van der Waals surface area contributed by atoms with E-state index in [4.69, 9.17) is 4.74 Å². The van der Waals surface area contributed by atoms with Gasteiger partial charge in [0, 0.05) is 12.6 Å². The molecule has 0 atom stereocenters. The second kappa shape index (κ2) is 6.56. The number of hydrogen-bond acceptors (Lipinski definition) is 5. The Morgan fingerprint density at radius 3 is 2.57 bits per heavy atom. The maximum atomic E-state index is 12.0. The third kappa shape index (κ3) is 4.29. The van der Waals surface area contributed by atoms with Gasteiger partial charge in [0.25, 0.3) is 0 Å². The molecule has 0 aromatic heterocycles. The second-order valence-electron chi connectivity index (χ2n) is 5.90. The van der Waals surface area contributed by atoms with Gasteiger partial charge in [-0.05, 0) is 24.5 Å². The lowest BCUT2D eigenvalue weighted by Gasteiger charge is -2.19. The highest BCUT2D eigenvalue weighted by molar-refractivity contribution is 7.93. The van der Waals surface area contributed by atoms with Crippen LogP contribution >= 0.6 is 0 Å². The standard InChI is InChI=1S/C14H22N2O5S2/c1-11(2)10-22(17,18)15-13-6-5-12(9-14(13)21-3)16-7-4-8-23(16,19)20/h5-6,9,11,15H,4,7-8,10H2,1-3H3. The molecule has 0 spiro atoms. The summed E-state index contributed by atoms with van der Waals surface area (Å²) in [5.74, 6) is 0.403. The van der Waals surface area contributed by atoms with E-state index in [2.05, 4.69) is 4.72 Å². The number of rotatable bonds is 6. The lowest BCUT2D eigenvalue weighted by molar-refractivity contribution is 0.417. The summed E-state index contributed by atoms with van der Waals surface area (Å²) in [6, 6.07) is 4.65. The number of nitrogens with zero attached hydrogens (tertiary/aromatic N) is 1. The van der Waals surface area contributed by atoms with Gasteiger partial charge in [0.15, 0.2) is 0 Å². The summed E-state index contributed by atoms with van der Waals surface area (Å²) >= 11 is 0. The Morgan fingerprint density at radius 1 is 1.35 bits per heavy atom. The highest BCUT2D eigenvalue weighted by Gasteiger charge is 2.29. The summed E-state index contributed by atoms with van der Waals surface area (Å²) in [7, 11) is -5.36. The Balaban J connectivity index is 2.31. The molecule has 1 fully saturated rings. The molecule has 1 heterocycles. The van der Waals surface area contributed by atoms with Crippen LogP contribution in [0.4, 0.5) is 11.4 Å². The lowest BCUT2D eigenvalue weighted by Crippen LogP contribution is -2.25. The summed E-state index contributed by atoms with van der Waals surface area (Å²) in [5.41, 5.74) is 0.777. The third-order valence-corrected chi connectivity index (χ3v) is 6.90. The zero-order chi connectivity index (χ0) is 17.3. The van der Waals surface area contributed by atoms with Crippen LogP contribution in [0.25, 0.3) is 0 Å². The minimum atomic E-state index is -3.48. The molecule has 23 heavy (non-hydrogen) atoms. The fourth-order valence-electron chi connectivity index (χ4n) is 2.50. The number of hydrogen-bond donors (Lipinski definition) is 1. The van der Waals surface area contributed by atoms with Crippen LogP contribution in [0.15, 0.2) is 18.2 Å². The van der Waals surface area contributed by atoms with Gasteiger partial charge in [0.05, 0.1) is 30.0 Å². The van der Waals surface area contributed by atoms with Crippen LogP contribution < -0.4 is 13.8 Å². The molecule has 0 unspecified atom stereocenters. The molecule has 1 aromatic carbocycles. The van der Waals surface area contributed by atoms with Crippen molar-refractivity contribution < 1.29 is 21.6 Å².